The number of carbonyl (C=O) groups is 3. The fraction of sp³-hybridized carbons (Fsp3) is 0.174. The Morgan fingerprint density at radius 2 is 2.14 bits per heavy atom. The van der Waals surface area contributed by atoms with Crippen LogP contribution in [0.2, 0.25) is 0 Å². The SMILES string of the molecule is O=C(Cc1cccs1)NC1C(=O)N2C(C(=O)O)=C(/C=C/Sc3cc(=O)c4cccnc4s3)CS[C@H]12. The first-order valence-electron chi connectivity index (χ1n) is 10.4. The predicted octanol–water partition coefficient (Wildman–Crippen LogP) is 3.31. The Bertz CT molecular complexity index is 1450. The van der Waals surface area contributed by atoms with Gasteiger partial charge in [0.2, 0.25) is 5.91 Å². The van der Waals surface area contributed by atoms with Crippen molar-refractivity contribution >= 4 is 74.2 Å². The number of nitrogens with one attached hydrogen (secondary N) is 1. The molecule has 2 aliphatic rings. The molecule has 1 fully saturated rings. The minimum Gasteiger partial charge on any atom is -0.477 e. The summed E-state index contributed by atoms with van der Waals surface area (Å²) in [5, 5.41) is 16.3. The molecule has 5 rings (SSSR count). The lowest BCUT2D eigenvalue weighted by atomic mass is 10.0. The minimum atomic E-state index is -1.20. The molecular weight excluding hydrogens is 527 g/mol. The van der Waals surface area contributed by atoms with Gasteiger partial charge in [-0.3, -0.25) is 19.3 Å². The minimum absolute atomic E-state index is 0.0762. The number of amides is 2. The van der Waals surface area contributed by atoms with Crippen LogP contribution in [0.1, 0.15) is 4.88 Å². The second kappa shape index (κ2) is 9.97. The largest absolute Gasteiger partial charge is 0.477 e. The maximum Gasteiger partial charge on any atom is 0.352 e. The number of rotatable bonds is 7. The molecule has 3 aromatic rings. The number of carboxylic acids is 1. The van der Waals surface area contributed by atoms with Crippen molar-refractivity contribution in [1.29, 1.82) is 0 Å². The number of thioether (sulfide) groups is 2. The Kier molecular flexibility index (Phi) is 6.78. The molecule has 0 aliphatic carbocycles. The van der Waals surface area contributed by atoms with E-state index >= 15 is 0 Å². The standard InChI is InChI=1S/C23H17N3O5S4/c27-15-10-17(35-20-14(15)4-1-6-24-20)33-8-5-12-11-34-22-18(21(29)26(22)19(12)23(30)31)25-16(28)9-13-3-2-7-32-13/h1-8,10,18,22H,9,11H2,(H,25,28)(H,30,31)/b8-5+/t18?,22-/m1/s1. The first kappa shape index (κ1) is 23.8. The lowest BCUT2D eigenvalue weighted by Crippen LogP contribution is -2.70. The number of β-lactam (4-membered cyclic amide) rings is 1. The molecule has 5 heterocycles. The molecule has 2 aliphatic heterocycles. The quantitative estimate of drug-likeness (QED) is 0.344. The zero-order valence-corrected chi connectivity index (χ0v) is 21.1. The average Bonchev–Trinajstić information content (AvgIpc) is 3.35. The Labute approximate surface area is 215 Å². The van der Waals surface area contributed by atoms with Crippen LogP contribution in [0, 0.1) is 0 Å². The number of allylic oxidation sites excluding steroid dienone is 1. The summed E-state index contributed by atoms with van der Waals surface area (Å²) in [5.74, 6) is -1.52. The van der Waals surface area contributed by atoms with Gasteiger partial charge in [0, 0.05) is 22.9 Å². The number of nitrogens with zero attached hydrogens (tertiary/aromatic N) is 2. The summed E-state index contributed by atoms with van der Waals surface area (Å²) >= 11 is 5.54. The number of pyridine rings is 1. The Morgan fingerprint density at radius 3 is 2.91 bits per heavy atom. The third-order valence-electron chi connectivity index (χ3n) is 5.37. The van der Waals surface area contributed by atoms with E-state index in [2.05, 4.69) is 10.3 Å². The summed E-state index contributed by atoms with van der Waals surface area (Å²) in [6, 6.07) is 7.94. The lowest BCUT2D eigenvalue weighted by Gasteiger charge is -2.49. The number of hydrogen-bond donors (Lipinski definition) is 2. The summed E-state index contributed by atoms with van der Waals surface area (Å²) in [7, 11) is 0. The van der Waals surface area contributed by atoms with E-state index in [1.54, 1.807) is 29.8 Å². The maximum atomic E-state index is 12.8. The Hall–Kier alpha value is -2.93. The van der Waals surface area contributed by atoms with Crippen LogP contribution < -0.4 is 10.7 Å². The van der Waals surface area contributed by atoms with E-state index in [0.29, 0.717) is 21.5 Å². The highest BCUT2D eigenvalue weighted by molar-refractivity contribution is 8.04. The number of aliphatic carboxylic acids is 1. The molecule has 0 saturated carbocycles. The van der Waals surface area contributed by atoms with Gasteiger partial charge in [0.1, 0.15) is 21.9 Å². The van der Waals surface area contributed by atoms with Crippen molar-refractivity contribution in [3.63, 3.8) is 0 Å². The van der Waals surface area contributed by atoms with Crippen LogP contribution in [0.3, 0.4) is 0 Å². The van der Waals surface area contributed by atoms with E-state index in [4.69, 9.17) is 0 Å². The number of aromatic nitrogens is 1. The van der Waals surface area contributed by atoms with Crippen LogP contribution in [-0.4, -0.2) is 49.9 Å². The van der Waals surface area contributed by atoms with Gasteiger partial charge in [-0.2, -0.15) is 0 Å². The highest BCUT2D eigenvalue weighted by atomic mass is 32.2. The second-order valence-electron chi connectivity index (χ2n) is 7.60. The molecule has 12 heteroatoms. The summed E-state index contributed by atoms with van der Waals surface area (Å²) < 4.78 is 0.727. The number of hydrogen-bond acceptors (Lipinski definition) is 9. The van der Waals surface area contributed by atoms with Gasteiger partial charge < -0.3 is 10.4 Å². The zero-order valence-electron chi connectivity index (χ0n) is 17.9. The van der Waals surface area contributed by atoms with Gasteiger partial charge in [-0.25, -0.2) is 9.78 Å². The molecule has 0 aromatic carbocycles. The van der Waals surface area contributed by atoms with E-state index < -0.39 is 23.3 Å². The van der Waals surface area contributed by atoms with E-state index in [1.165, 1.54) is 57.2 Å². The molecule has 2 atom stereocenters. The predicted molar refractivity (Wildman–Crippen MR) is 139 cm³/mol. The van der Waals surface area contributed by atoms with Gasteiger partial charge in [0.25, 0.3) is 5.91 Å². The molecule has 1 unspecified atom stereocenters. The van der Waals surface area contributed by atoms with Crippen molar-refractivity contribution in [3.05, 3.63) is 79.8 Å². The van der Waals surface area contributed by atoms with Crippen LogP contribution in [0.4, 0.5) is 0 Å². The summed E-state index contributed by atoms with van der Waals surface area (Å²) in [6.07, 6.45) is 3.47. The molecule has 0 spiro atoms. The first-order valence-corrected chi connectivity index (χ1v) is 14.0. The highest BCUT2D eigenvalue weighted by Crippen LogP contribution is 2.41. The van der Waals surface area contributed by atoms with Gasteiger partial charge in [0.15, 0.2) is 5.43 Å². The Balaban J connectivity index is 1.30. The summed E-state index contributed by atoms with van der Waals surface area (Å²) in [5.41, 5.74) is 0.296. The summed E-state index contributed by atoms with van der Waals surface area (Å²) in [4.78, 5) is 56.5. The number of fused-ring (bicyclic) bond motifs is 2. The molecule has 178 valence electrons. The molecule has 0 radical (unpaired) electrons. The number of carboxylic acid groups (broad SMARTS) is 1. The molecule has 0 bridgehead atoms. The van der Waals surface area contributed by atoms with Crippen molar-refractivity contribution in [2.75, 3.05) is 5.75 Å². The molecule has 3 aromatic heterocycles. The highest BCUT2D eigenvalue weighted by Gasteiger charge is 2.53. The normalized spacial score (nSPS) is 19.7. The number of carbonyl (C=O) groups excluding carboxylic acids is 2. The molecule has 2 N–H and O–H groups in total. The Morgan fingerprint density at radius 1 is 1.29 bits per heavy atom. The summed E-state index contributed by atoms with van der Waals surface area (Å²) in [6.45, 7) is 0. The van der Waals surface area contributed by atoms with Gasteiger partial charge >= 0.3 is 5.97 Å². The van der Waals surface area contributed by atoms with E-state index in [1.807, 2.05) is 17.5 Å². The van der Waals surface area contributed by atoms with Crippen molar-refractivity contribution in [2.45, 2.75) is 22.0 Å². The third-order valence-corrected chi connectivity index (χ3v) is 9.55. The molecule has 1 saturated heterocycles. The average molecular weight is 544 g/mol. The zero-order chi connectivity index (χ0) is 24.5. The van der Waals surface area contributed by atoms with Crippen molar-refractivity contribution < 1.29 is 19.5 Å². The third kappa shape index (κ3) is 4.79. The first-order chi connectivity index (χ1) is 16.9. The lowest BCUT2D eigenvalue weighted by molar-refractivity contribution is -0.150. The maximum absolute atomic E-state index is 12.8. The molecule has 2 amide bonds. The van der Waals surface area contributed by atoms with E-state index in [0.717, 1.165) is 9.09 Å². The van der Waals surface area contributed by atoms with E-state index in [9.17, 15) is 24.3 Å². The fourth-order valence-corrected chi connectivity index (χ4v) is 7.69. The van der Waals surface area contributed by atoms with Crippen LogP contribution in [0.5, 0.6) is 0 Å². The van der Waals surface area contributed by atoms with Crippen molar-refractivity contribution in [2.24, 2.45) is 0 Å². The molecule has 8 nitrogen and oxygen atoms in total. The topological polar surface area (TPSA) is 117 Å². The van der Waals surface area contributed by atoms with Crippen molar-refractivity contribution in [1.82, 2.24) is 15.2 Å². The molecular formula is C23H17N3O5S4. The smallest absolute Gasteiger partial charge is 0.352 e. The molecule has 35 heavy (non-hydrogen) atoms. The monoisotopic (exact) mass is 543 g/mol. The van der Waals surface area contributed by atoms with Gasteiger partial charge in [-0.05, 0) is 40.6 Å². The van der Waals surface area contributed by atoms with Crippen LogP contribution >= 0.6 is 46.2 Å². The van der Waals surface area contributed by atoms with Crippen LogP contribution in [-0.2, 0) is 20.8 Å². The number of thiophene rings is 1. The van der Waals surface area contributed by atoms with Gasteiger partial charge in [-0.15, -0.1) is 34.4 Å². The fourth-order valence-electron chi connectivity index (χ4n) is 3.78. The van der Waals surface area contributed by atoms with Gasteiger partial charge in [0.05, 0.1) is 16.0 Å². The van der Waals surface area contributed by atoms with Crippen LogP contribution in [0.15, 0.2) is 73.7 Å². The van der Waals surface area contributed by atoms with Crippen LogP contribution in [0.25, 0.3) is 10.2 Å². The van der Waals surface area contributed by atoms with Crippen molar-refractivity contribution in [3.8, 4) is 0 Å². The van der Waals surface area contributed by atoms with E-state index in [-0.39, 0.29) is 23.5 Å². The second-order valence-corrected chi connectivity index (χ2v) is 12.0. The van der Waals surface area contributed by atoms with Gasteiger partial charge in [-0.1, -0.05) is 17.8 Å².